The normalized spacial score (nSPS) is 18.4. The van der Waals surface area contributed by atoms with Gasteiger partial charge in [-0.15, -0.1) is 0 Å². The lowest BCUT2D eigenvalue weighted by Gasteiger charge is -2.06. The molecule has 1 amide bonds. The van der Waals surface area contributed by atoms with Gasteiger partial charge in [-0.2, -0.15) is 0 Å². The van der Waals surface area contributed by atoms with E-state index in [2.05, 4.69) is 10.0 Å². The first kappa shape index (κ1) is 11.7. The van der Waals surface area contributed by atoms with Crippen molar-refractivity contribution in [2.24, 2.45) is 0 Å². The molecular weight excluding hydrogens is 252 g/mol. The molecule has 2 N–H and O–H groups in total. The average molecular weight is 266 g/mol. The fraction of sp³-hybridized carbons (Fsp3) is 0.417. The maximum atomic E-state index is 11.9. The van der Waals surface area contributed by atoms with Crippen LogP contribution in [-0.4, -0.2) is 19.6 Å². The Morgan fingerprint density at radius 2 is 1.94 bits per heavy atom. The molecule has 0 atom stereocenters. The average Bonchev–Trinajstić information content (AvgIpc) is 3.08. The van der Waals surface area contributed by atoms with E-state index in [1.807, 2.05) is 6.07 Å². The van der Waals surface area contributed by atoms with E-state index in [9.17, 15) is 13.2 Å². The third kappa shape index (κ3) is 2.13. The van der Waals surface area contributed by atoms with Crippen LogP contribution >= 0.6 is 0 Å². The maximum Gasteiger partial charge on any atom is 0.264 e. The van der Waals surface area contributed by atoms with Gasteiger partial charge in [0.05, 0.1) is 5.25 Å². The number of amides is 1. The van der Waals surface area contributed by atoms with Gasteiger partial charge in [0.15, 0.2) is 0 Å². The molecule has 18 heavy (non-hydrogen) atoms. The number of rotatable bonds is 3. The molecule has 1 saturated carbocycles. The Morgan fingerprint density at radius 3 is 2.67 bits per heavy atom. The molecule has 1 aliphatic carbocycles. The Morgan fingerprint density at radius 1 is 1.22 bits per heavy atom. The van der Waals surface area contributed by atoms with Gasteiger partial charge in [0.1, 0.15) is 0 Å². The van der Waals surface area contributed by atoms with Gasteiger partial charge in [-0.1, -0.05) is 6.07 Å². The number of hydrogen-bond acceptors (Lipinski definition) is 4. The van der Waals surface area contributed by atoms with Crippen molar-refractivity contribution < 1.29 is 13.2 Å². The molecule has 1 aliphatic heterocycles. The molecule has 0 aromatic heterocycles. The van der Waals surface area contributed by atoms with Crippen molar-refractivity contribution in [1.82, 2.24) is 10.0 Å². The molecule has 0 unspecified atom stereocenters. The van der Waals surface area contributed by atoms with Gasteiger partial charge >= 0.3 is 0 Å². The molecule has 1 aromatic rings. The lowest BCUT2D eigenvalue weighted by molar-refractivity contribution is 0.0981. The Bertz CT molecular complexity index is 606. The topological polar surface area (TPSA) is 75.3 Å². The fourth-order valence-corrected chi connectivity index (χ4v) is 3.39. The van der Waals surface area contributed by atoms with Crippen molar-refractivity contribution in [3.8, 4) is 0 Å². The first-order valence-electron chi connectivity index (χ1n) is 5.95. The Balaban J connectivity index is 1.80. The Labute approximate surface area is 106 Å². The van der Waals surface area contributed by atoms with E-state index < -0.39 is 15.9 Å². The quantitative estimate of drug-likeness (QED) is 0.836. The number of fused-ring (bicyclic) bond motifs is 1. The van der Waals surface area contributed by atoms with Gasteiger partial charge in [0, 0.05) is 18.7 Å². The van der Waals surface area contributed by atoms with E-state index in [1.54, 1.807) is 12.1 Å². The Kier molecular flexibility index (Phi) is 2.64. The first-order chi connectivity index (χ1) is 8.56. The lowest BCUT2D eigenvalue weighted by Crippen LogP contribution is -2.33. The molecule has 2 aliphatic rings. The molecule has 5 nitrogen and oxygen atoms in total. The second-order valence-corrected chi connectivity index (χ2v) is 6.72. The summed E-state index contributed by atoms with van der Waals surface area (Å²) in [6.45, 7) is 1.53. The largest absolute Gasteiger partial charge is 0.309 e. The molecule has 0 saturated heterocycles. The highest BCUT2D eigenvalue weighted by Gasteiger charge is 2.37. The van der Waals surface area contributed by atoms with Crippen LogP contribution < -0.4 is 10.0 Å². The summed E-state index contributed by atoms with van der Waals surface area (Å²) in [4.78, 5) is 11.9. The second-order valence-electron chi connectivity index (χ2n) is 4.76. The number of carbonyl (C=O) groups excluding carboxylic acids is 1. The zero-order chi connectivity index (χ0) is 12.8. The standard InChI is InChI=1S/C12H14N2O3S/c15-12(14-18(16,17)11-3-4-11)8-1-2-9-6-13-7-10(9)5-8/h1-2,5,11,13H,3-4,6-7H2,(H,14,15). The minimum Gasteiger partial charge on any atom is -0.309 e. The van der Waals surface area contributed by atoms with Gasteiger partial charge in [0.2, 0.25) is 10.0 Å². The molecule has 0 spiro atoms. The third-order valence-electron chi connectivity index (χ3n) is 3.30. The summed E-state index contributed by atoms with van der Waals surface area (Å²) >= 11 is 0. The summed E-state index contributed by atoms with van der Waals surface area (Å²) in [6, 6.07) is 5.30. The van der Waals surface area contributed by atoms with E-state index >= 15 is 0 Å². The minimum absolute atomic E-state index is 0.377. The zero-order valence-electron chi connectivity index (χ0n) is 9.77. The van der Waals surface area contributed by atoms with E-state index in [4.69, 9.17) is 0 Å². The van der Waals surface area contributed by atoms with Crippen molar-refractivity contribution in [2.45, 2.75) is 31.2 Å². The van der Waals surface area contributed by atoms with Crippen LogP contribution in [0.1, 0.15) is 34.3 Å². The highest BCUT2D eigenvalue weighted by Crippen LogP contribution is 2.27. The minimum atomic E-state index is -3.46. The lowest BCUT2D eigenvalue weighted by atomic mass is 10.1. The Hall–Kier alpha value is -1.40. The van der Waals surface area contributed by atoms with Crippen LogP contribution in [0, 0.1) is 0 Å². The molecule has 1 fully saturated rings. The van der Waals surface area contributed by atoms with E-state index in [1.165, 1.54) is 0 Å². The van der Waals surface area contributed by atoms with Gasteiger partial charge in [-0.05, 0) is 36.1 Å². The molecule has 0 radical (unpaired) electrons. The van der Waals surface area contributed by atoms with E-state index in [0.29, 0.717) is 18.4 Å². The highest BCUT2D eigenvalue weighted by molar-refractivity contribution is 7.91. The fourth-order valence-electron chi connectivity index (χ4n) is 2.09. The molecular formula is C12H14N2O3S. The van der Waals surface area contributed by atoms with Crippen LogP contribution in [0.4, 0.5) is 0 Å². The summed E-state index contributed by atoms with van der Waals surface area (Å²) in [5.74, 6) is -0.531. The zero-order valence-corrected chi connectivity index (χ0v) is 10.6. The van der Waals surface area contributed by atoms with Gasteiger partial charge in [0.25, 0.3) is 5.91 Å². The molecule has 1 aromatic carbocycles. The third-order valence-corrected chi connectivity index (χ3v) is 5.12. The number of carbonyl (C=O) groups is 1. The van der Waals surface area contributed by atoms with Crippen LogP contribution in [0.25, 0.3) is 0 Å². The highest BCUT2D eigenvalue weighted by atomic mass is 32.2. The summed E-state index contributed by atoms with van der Waals surface area (Å²) in [6.07, 6.45) is 1.30. The van der Waals surface area contributed by atoms with Gasteiger partial charge < -0.3 is 5.32 Å². The van der Waals surface area contributed by atoms with Crippen LogP contribution in [0.2, 0.25) is 0 Å². The van der Waals surface area contributed by atoms with Crippen LogP contribution in [0.3, 0.4) is 0 Å². The molecule has 0 bridgehead atoms. The molecule has 6 heteroatoms. The second kappa shape index (κ2) is 4.07. The molecule has 3 rings (SSSR count). The number of nitrogens with one attached hydrogen (secondary N) is 2. The summed E-state index contributed by atoms with van der Waals surface area (Å²) in [5, 5.41) is 2.80. The summed E-state index contributed by atoms with van der Waals surface area (Å²) < 4.78 is 25.5. The number of benzene rings is 1. The van der Waals surface area contributed by atoms with Gasteiger partial charge in [-0.25, -0.2) is 13.1 Å². The monoisotopic (exact) mass is 266 g/mol. The van der Waals surface area contributed by atoms with Crippen molar-refractivity contribution >= 4 is 15.9 Å². The summed E-state index contributed by atoms with van der Waals surface area (Å²) in [7, 11) is -3.46. The van der Waals surface area contributed by atoms with Crippen molar-refractivity contribution in [3.63, 3.8) is 0 Å². The number of hydrogen-bond donors (Lipinski definition) is 2. The number of sulfonamides is 1. The van der Waals surface area contributed by atoms with Crippen LogP contribution in [-0.2, 0) is 23.1 Å². The van der Waals surface area contributed by atoms with Gasteiger partial charge in [-0.3, -0.25) is 4.79 Å². The van der Waals surface area contributed by atoms with Crippen LogP contribution in [0.5, 0.6) is 0 Å². The van der Waals surface area contributed by atoms with E-state index in [-0.39, 0.29) is 5.25 Å². The first-order valence-corrected chi connectivity index (χ1v) is 7.49. The van der Waals surface area contributed by atoms with E-state index in [0.717, 1.165) is 24.2 Å². The maximum absolute atomic E-state index is 11.9. The predicted molar refractivity (Wildman–Crippen MR) is 66.4 cm³/mol. The van der Waals surface area contributed by atoms with Crippen molar-refractivity contribution in [2.75, 3.05) is 0 Å². The molecule has 1 heterocycles. The smallest absolute Gasteiger partial charge is 0.264 e. The SMILES string of the molecule is O=C(NS(=O)(=O)C1CC1)c1ccc2c(c1)CNC2. The predicted octanol–water partition coefficient (Wildman–Crippen LogP) is 0.512. The van der Waals surface area contributed by atoms with Crippen molar-refractivity contribution in [3.05, 3.63) is 34.9 Å². The molecule has 96 valence electrons. The van der Waals surface area contributed by atoms with Crippen LogP contribution in [0.15, 0.2) is 18.2 Å². The summed E-state index contributed by atoms with van der Waals surface area (Å²) in [5.41, 5.74) is 2.63. The van der Waals surface area contributed by atoms with Crippen molar-refractivity contribution in [1.29, 1.82) is 0 Å².